The van der Waals surface area contributed by atoms with Gasteiger partial charge in [0.2, 0.25) is 0 Å². The highest BCUT2D eigenvalue weighted by Crippen LogP contribution is 1.78. The van der Waals surface area contributed by atoms with Gasteiger partial charge in [-0.1, -0.05) is 13.1 Å². The van der Waals surface area contributed by atoms with Gasteiger partial charge >= 0.3 is 0 Å². The second-order valence-corrected chi connectivity index (χ2v) is 5.52. The van der Waals surface area contributed by atoms with Crippen molar-refractivity contribution in [3.63, 3.8) is 0 Å². The molecule has 0 rings (SSSR count). The Morgan fingerprint density at radius 2 is 1.50 bits per heavy atom. The summed E-state index contributed by atoms with van der Waals surface area (Å²) in [4.78, 5) is 0. The summed E-state index contributed by atoms with van der Waals surface area (Å²) in [5, 5.41) is 0. The molecule has 0 N–H and O–H groups in total. The second-order valence-electron chi connectivity index (χ2n) is 0.947. The zero-order valence-electron chi connectivity index (χ0n) is 2.95. The van der Waals surface area contributed by atoms with Crippen LogP contribution in [-0.2, 0) is 0 Å². The lowest BCUT2D eigenvalue weighted by atomic mass is 11.9. The van der Waals surface area contributed by atoms with Crippen molar-refractivity contribution < 1.29 is 0 Å². The molecule has 0 atom stereocenters. The average molecular weight is 91.2 g/mol. The number of hydrogen-bond acceptors (Lipinski definition) is 1. The molecule has 0 aromatic rings. The molecule has 0 saturated carbocycles. The Morgan fingerprint density at radius 3 is 1.50 bits per heavy atom. The van der Waals surface area contributed by atoms with Gasteiger partial charge in [0.05, 0.1) is 0 Å². The Labute approximate surface area is 33.9 Å². The maximum Gasteiger partial charge on any atom is 0.110 e. The molecule has 0 aliphatic rings. The Hall–Kier alpha value is 0.567. The lowest BCUT2D eigenvalue weighted by Crippen LogP contribution is -1.79. The van der Waals surface area contributed by atoms with Crippen molar-refractivity contribution in [3.05, 3.63) is 0 Å². The number of thiol groups is 1. The molecule has 4 heavy (non-hydrogen) atoms. The number of rotatable bonds is 0. The highest BCUT2D eigenvalue weighted by molar-refractivity contribution is 8.10. The predicted molar refractivity (Wildman–Crippen MR) is 26.5 cm³/mol. The van der Waals surface area contributed by atoms with Crippen LogP contribution in [0.1, 0.15) is 0 Å². The summed E-state index contributed by atoms with van der Waals surface area (Å²) >= 11 is 4.07. The first kappa shape index (κ1) is 4.57. The summed E-state index contributed by atoms with van der Waals surface area (Å²) in [5.41, 5.74) is 0. The number of hydrogen-bond donors (Lipinski definition) is 1. The van der Waals surface area contributed by atoms with E-state index in [4.69, 9.17) is 0 Å². The lowest BCUT2D eigenvalue weighted by molar-refractivity contribution is 2.12. The van der Waals surface area contributed by atoms with Crippen LogP contribution in [0.5, 0.6) is 0 Å². The van der Waals surface area contributed by atoms with Crippen molar-refractivity contribution in [2.75, 3.05) is 0 Å². The maximum absolute atomic E-state index is 4.07. The summed E-state index contributed by atoms with van der Waals surface area (Å²) in [5.74, 6) is 0. The smallest absolute Gasteiger partial charge is 0.110 e. The van der Waals surface area contributed by atoms with Gasteiger partial charge in [0.25, 0.3) is 0 Å². The van der Waals surface area contributed by atoms with Crippen molar-refractivity contribution in [1.29, 1.82) is 0 Å². The zero-order valence-corrected chi connectivity index (χ0v) is 4.84. The Morgan fingerprint density at radius 1 is 1.50 bits per heavy atom. The molecule has 0 aromatic carbocycles. The Kier molecular flexibility index (Phi) is 2.11. The molecule has 25 valence electrons. The van der Waals surface area contributed by atoms with E-state index in [9.17, 15) is 0 Å². The lowest BCUT2D eigenvalue weighted by Gasteiger charge is -1.74. The first-order valence-corrected chi connectivity index (χ1v) is 5.01. The Balaban J connectivity index is 2.32. The summed E-state index contributed by atoms with van der Waals surface area (Å²) in [6.45, 7) is 4.27. The highest BCUT2D eigenvalue weighted by atomic mass is 32.3. The summed E-state index contributed by atoms with van der Waals surface area (Å²) in [6, 6.07) is 0. The van der Waals surface area contributed by atoms with Crippen molar-refractivity contribution in [2.24, 2.45) is 0 Å². The van der Waals surface area contributed by atoms with Gasteiger partial charge in [-0.05, 0) is 0 Å². The second kappa shape index (κ2) is 1.85. The molecule has 0 fully saturated rings. The molecule has 0 heterocycles. The van der Waals surface area contributed by atoms with E-state index >= 15 is 0 Å². The normalized spacial score (nSPS) is 9.00. The van der Waals surface area contributed by atoms with Crippen LogP contribution in [0.4, 0.5) is 0 Å². The van der Waals surface area contributed by atoms with Crippen LogP contribution in [0.2, 0.25) is 13.1 Å². The maximum atomic E-state index is 4.07. The van der Waals surface area contributed by atoms with Gasteiger partial charge in [0.1, 0.15) is 7.95 Å². The first-order chi connectivity index (χ1) is 1.73. The van der Waals surface area contributed by atoms with Crippen LogP contribution in [0.25, 0.3) is 0 Å². The van der Waals surface area contributed by atoms with Crippen molar-refractivity contribution >= 4 is 20.0 Å². The largest absolute Gasteiger partial charge is 0.204 e. The van der Waals surface area contributed by atoms with Gasteiger partial charge in [-0.2, -0.15) is 0 Å². The molecule has 0 spiro atoms. The van der Waals surface area contributed by atoms with Crippen LogP contribution >= 0.6 is 12.1 Å². The van der Waals surface area contributed by atoms with E-state index < -0.39 is 0 Å². The molecule has 0 aliphatic carbocycles. The van der Waals surface area contributed by atoms with Crippen molar-refractivity contribution in [3.8, 4) is 0 Å². The fraction of sp³-hybridized carbons (Fsp3) is 1.00. The monoisotopic (exact) mass is 91.0 g/mol. The molecule has 0 nitrogen and oxygen atoms in total. The van der Waals surface area contributed by atoms with Gasteiger partial charge in [0.15, 0.2) is 0 Å². The molecule has 0 aromatic heterocycles. The van der Waals surface area contributed by atoms with Crippen LogP contribution < -0.4 is 0 Å². The quantitative estimate of drug-likeness (QED) is 0.336. The molecular weight excluding hydrogens is 84.2 g/mol. The standard InChI is InChI=1S/C2H7SSi/c1-4(2)3/h3H,1-2H3. The molecule has 0 aliphatic heterocycles. The van der Waals surface area contributed by atoms with Crippen LogP contribution in [0, 0.1) is 0 Å². The molecule has 1 radical (unpaired) electrons. The SMILES string of the molecule is C[Si](C)S. The highest BCUT2D eigenvalue weighted by Gasteiger charge is 1.74. The fourth-order valence-corrected chi connectivity index (χ4v) is 0. The van der Waals surface area contributed by atoms with Gasteiger partial charge in [-0.15, -0.1) is 0 Å². The zero-order chi connectivity index (χ0) is 3.58. The van der Waals surface area contributed by atoms with Gasteiger partial charge in [-0.25, -0.2) is 12.1 Å². The minimum Gasteiger partial charge on any atom is -0.204 e. The predicted octanol–water partition coefficient (Wildman–Crippen LogP) is 1.17. The van der Waals surface area contributed by atoms with Gasteiger partial charge in [-0.3, -0.25) is 0 Å². The average Bonchev–Trinajstić information content (AvgIpc) is 0.811. The van der Waals surface area contributed by atoms with E-state index in [2.05, 4.69) is 25.2 Å². The van der Waals surface area contributed by atoms with Crippen molar-refractivity contribution in [2.45, 2.75) is 13.1 Å². The third-order valence-corrected chi connectivity index (χ3v) is 0. The van der Waals surface area contributed by atoms with E-state index in [-0.39, 0.29) is 7.95 Å². The van der Waals surface area contributed by atoms with E-state index in [1.165, 1.54) is 0 Å². The minimum absolute atomic E-state index is 0.185. The van der Waals surface area contributed by atoms with E-state index in [0.717, 1.165) is 0 Å². The van der Waals surface area contributed by atoms with E-state index in [1.807, 2.05) is 0 Å². The van der Waals surface area contributed by atoms with Crippen LogP contribution in [-0.4, -0.2) is 7.95 Å². The fourth-order valence-electron chi connectivity index (χ4n) is 0. The summed E-state index contributed by atoms with van der Waals surface area (Å²) in [6.07, 6.45) is 0. The summed E-state index contributed by atoms with van der Waals surface area (Å²) < 4.78 is 0. The molecule has 2 heteroatoms. The molecule has 0 unspecified atom stereocenters. The first-order valence-electron chi connectivity index (χ1n) is 1.22. The Bertz CT molecular complexity index is 10.8. The molecule has 0 amide bonds. The minimum atomic E-state index is -0.185. The van der Waals surface area contributed by atoms with Gasteiger partial charge in [0, 0.05) is 0 Å². The van der Waals surface area contributed by atoms with Crippen LogP contribution in [0.15, 0.2) is 0 Å². The topological polar surface area (TPSA) is 0 Å². The van der Waals surface area contributed by atoms with E-state index in [1.54, 1.807) is 0 Å². The summed E-state index contributed by atoms with van der Waals surface area (Å²) in [7, 11) is -0.185. The molecular formula is C2H7SSi. The van der Waals surface area contributed by atoms with Crippen molar-refractivity contribution in [1.82, 2.24) is 0 Å². The third kappa shape index (κ3) is 19.6. The van der Waals surface area contributed by atoms with Crippen LogP contribution in [0.3, 0.4) is 0 Å². The molecule has 0 bridgehead atoms. The van der Waals surface area contributed by atoms with E-state index in [0.29, 0.717) is 0 Å². The molecule has 0 saturated heterocycles. The van der Waals surface area contributed by atoms with Gasteiger partial charge < -0.3 is 0 Å². The third-order valence-electron chi connectivity index (χ3n) is 0.